The second kappa shape index (κ2) is 4.33. The number of phenolic OH excluding ortho intramolecular Hbond substituents is 1. The highest BCUT2D eigenvalue weighted by molar-refractivity contribution is 6.06. The molecule has 2 N–H and O–H groups in total. The molecule has 4 heteroatoms. The molecule has 2 aromatic rings. The van der Waals surface area contributed by atoms with E-state index >= 15 is 0 Å². The lowest BCUT2D eigenvalue weighted by atomic mass is 10.1. The molecular formula is C13H13NO3. The van der Waals surface area contributed by atoms with E-state index < -0.39 is 0 Å². The zero-order chi connectivity index (χ0) is 12.4. The highest BCUT2D eigenvalue weighted by Crippen LogP contribution is 2.19. The van der Waals surface area contributed by atoms with E-state index in [4.69, 9.17) is 4.42 Å². The van der Waals surface area contributed by atoms with Crippen LogP contribution in [0.2, 0.25) is 0 Å². The number of amides is 1. The van der Waals surface area contributed by atoms with Crippen molar-refractivity contribution in [1.29, 1.82) is 0 Å². The maximum Gasteiger partial charge on any atom is 0.259 e. The van der Waals surface area contributed by atoms with Crippen molar-refractivity contribution in [3.05, 3.63) is 47.4 Å². The molecule has 1 heterocycles. The Morgan fingerprint density at radius 2 is 2.12 bits per heavy atom. The van der Waals surface area contributed by atoms with Gasteiger partial charge in [0, 0.05) is 17.3 Å². The third kappa shape index (κ3) is 2.30. The van der Waals surface area contributed by atoms with E-state index in [0.717, 1.165) is 5.56 Å². The van der Waals surface area contributed by atoms with Crippen LogP contribution in [0.1, 0.15) is 21.7 Å². The molecule has 0 radical (unpaired) electrons. The highest BCUT2D eigenvalue weighted by atomic mass is 16.3. The Morgan fingerprint density at radius 1 is 1.35 bits per heavy atom. The number of aromatic hydroxyl groups is 1. The van der Waals surface area contributed by atoms with Gasteiger partial charge in [0.05, 0.1) is 11.8 Å². The molecule has 2 rings (SSSR count). The van der Waals surface area contributed by atoms with Crippen LogP contribution in [-0.2, 0) is 0 Å². The first-order valence-electron chi connectivity index (χ1n) is 5.23. The molecule has 0 aliphatic carbocycles. The zero-order valence-corrected chi connectivity index (χ0v) is 9.65. The Morgan fingerprint density at radius 3 is 2.71 bits per heavy atom. The topological polar surface area (TPSA) is 62.5 Å². The fourth-order valence-electron chi connectivity index (χ4n) is 1.69. The first-order chi connectivity index (χ1) is 8.08. The van der Waals surface area contributed by atoms with Gasteiger partial charge in [0.1, 0.15) is 11.5 Å². The molecule has 0 atom stereocenters. The van der Waals surface area contributed by atoms with E-state index in [9.17, 15) is 9.90 Å². The quantitative estimate of drug-likeness (QED) is 0.835. The van der Waals surface area contributed by atoms with Gasteiger partial charge in [-0.2, -0.15) is 0 Å². The van der Waals surface area contributed by atoms with Crippen LogP contribution in [0.4, 0.5) is 5.69 Å². The van der Waals surface area contributed by atoms with Gasteiger partial charge in [0.2, 0.25) is 0 Å². The van der Waals surface area contributed by atoms with Gasteiger partial charge < -0.3 is 14.8 Å². The maximum absolute atomic E-state index is 12.0. The summed E-state index contributed by atoms with van der Waals surface area (Å²) in [5.74, 6) is 0.461. The second-order valence-corrected chi connectivity index (χ2v) is 3.85. The fraction of sp³-hybridized carbons (Fsp3) is 0.154. The van der Waals surface area contributed by atoms with Gasteiger partial charge in [0.25, 0.3) is 5.91 Å². The Kier molecular flexibility index (Phi) is 2.87. The number of aryl methyl sites for hydroxylation is 2. The number of phenols is 1. The standard InChI is InChI=1S/C13H13NO3/c1-8-7-17-9(2)12(8)13(16)14-10-4-3-5-11(15)6-10/h3-7,15H,1-2H3,(H,14,16). The lowest BCUT2D eigenvalue weighted by Crippen LogP contribution is -2.13. The SMILES string of the molecule is Cc1coc(C)c1C(=O)Nc1cccc(O)c1. The second-order valence-electron chi connectivity index (χ2n) is 3.85. The van der Waals surface area contributed by atoms with Crippen LogP contribution in [0.25, 0.3) is 0 Å². The number of furan rings is 1. The van der Waals surface area contributed by atoms with Crippen molar-refractivity contribution in [3.63, 3.8) is 0 Å². The van der Waals surface area contributed by atoms with Crippen molar-refractivity contribution in [2.75, 3.05) is 5.32 Å². The Bertz CT molecular complexity index is 538. The molecule has 0 saturated carbocycles. The molecule has 0 unspecified atom stereocenters. The van der Waals surface area contributed by atoms with Crippen LogP contribution in [0.5, 0.6) is 5.75 Å². The van der Waals surface area contributed by atoms with Gasteiger partial charge in [-0.25, -0.2) is 0 Å². The third-order valence-corrected chi connectivity index (χ3v) is 2.49. The Labute approximate surface area is 98.9 Å². The number of carbonyl (C=O) groups excluding carboxylic acids is 1. The van der Waals surface area contributed by atoms with E-state index in [1.165, 1.54) is 6.07 Å². The number of benzene rings is 1. The lowest BCUT2D eigenvalue weighted by Gasteiger charge is -2.05. The molecule has 0 saturated heterocycles. The summed E-state index contributed by atoms with van der Waals surface area (Å²) in [6.07, 6.45) is 1.55. The summed E-state index contributed by atoms with van der Waals surface area (Å²) in [6.45, 7) is 3.55. The minimum Gasteiger partial charge on any atom is -0.508 e. The molecular weight excluding hydrogens is 218 g/mol. The average Bonchev–Trinajstić information content (AvgIpc) is 2.58. The van der Waals surface area contributed by atoms with E-state index in [0.29, 0.717) is 17.0 Å². The van der Waals surface area contributed by atoms with Gasteiger partial charge >= 0.3 is 0 Å². The first kappa shape index (κ1) is 11.3. The van der Waals surface area contributed by atoms with Crippen molar-refractivity contribution < 1.29 is 14.3 Å². The van der Waals surface area contributed by atoms with Gasteiger partial charge in [0.15, 0.2) is 0 Å². The summed E-state index contributed by atoms with van der Waals surface area (Å²) in [7, 11) is 0. The van der Waals surface area contributed by atoms with Crippen molar-refractivity contribution >= 4 is 11.6 Å². The summed E-state index contributed by atoms with van der Waals surface area (Å²) in [4.78, 5) is 12.0. The third-order valence-electron chi connectivity index (χ3n) is 2.49. The summed E-state index contributed by atoms with van der Waals surface area (Å²) < 4.78 is 5.17. The first-order valence-corrected chi connectivity index (χ1v) is 5.23. The van der Waals surface area contributed by atoms with Crippen LogP contribution in [0, 0.1) is 13.8 Å². The number of hydrogen-bond donors (Lipinski definition) is 2. The molecule has 0 aliphatic heterocycles. The molecule has 88 valence electrons. The van der Waals surface area contributed by atoms with Gasteiger partial charge in [-0.1, -0.05) is 6.07 Å². The Balaban J connectivity index is 2.23. The molecule has 1 aromatic carbocycles. The summed E-state index contributed by atoms with van der Waals surface area (Å²) in [6, 6.07) is 6.41. The fourth-order valence-corrected chi connectivity index (χ4v) is 1.69. The molecule has 4 nitrogen and oxygen atoms in total. The van der Waals surface area contributed by atoms with Gasteiger partial charge in [-0.05, 0) is 26.0 Å². The molecule has 1 amide bonds. The summed E-state index contributed by atoms with van der Waals surface area (Å²) >= 11 is 0. The van der Waals surface area contributed by atoms with E-state index in [1.54, 1.807) is 31.4 Å². The predicted octanol–water partition coefficient (Wildman–Crippen LogP) is 2.85. The van der Waals surface area contributed by atoms with Crippen LogP contribution in [0.3, 0.4) is 0 Å². The molecule has 1 aromatic heterocycles. The molecule has 0 bridgehead atoms. The van der Waals surface area contributed by atoms with Crippen molar-refractivity contribution in [2.45, 2.75) is 13.8 Å². The van der Waals surface area contributed by atoms with Gasteiger partial charge in [-0.3, -0.25) is 4.79 Å². The van der Waals surface area contributed by atoms with Crippen LogP contribution in [-0.4, -0.2) is 11.0 Å². The number of anilines is 1. The molecule has 0 fully saturated rings. The number of nitrogens with one attached hydrogen (secondary N) is 1. The largest absolute Gasteiger partial charge is 0.508 e. The number of carbonyl (C=O) groups is 1. The van der Waals surface area contributed by atoms with E-state index in [1.807, 2.05) is 6.92 Å². The minimum absolute atomic E-state index is 0.114. The number of hydrogen-bond acceptors (Lipinski definition) is 3. The van der Waals surface area contributed by atoms with Crippen LogP contribution in [0.15, 0.2) is 34.9 Å². The highest BCUT2D eigenvalue weighted by Gasteiger charge is 2.15. The lowest BCUT2D eigenvalue weighted by molar-refractivity contribution is 0.102. The zero-order valence-electron chi connectivity index (χ0n) is 9.65. The van der Waals surface area contributed by atoms with Crippen LogP contribution >= 0.6 is 0 Å². The molecule has 0 aliphatic rings. The Hall–Kier alpha value is -2.23. The van der Waals surface area contributed by atoms with Gasteiger partial charge in [-0.15, -0.1) is 0 Å². The van der Waals surface area contributed by atoms with Crippen molar-refractivity contribution in [2.24, 2.45) is 0 Å². The normalized spacial score (nSPS) is 10.2. The van der Waals surface area contributed by atoms with Crippen LogP contribution < -0.4 is 5.32 Å². The predicted molar refractivity (Wildman–Crippen MR) is 64.2 cm³/mol. The monoisotopic (exact) mass is 231 g/mol. The van der Waals surface area contributed by atoms with Crippen molar-refractivity contribution in [1.82, 2.24) is 0 Å². The smallest absolute Gasteiger partial charge is 0.259 e. The minimum atomic E-state index is -0.237. The molecule has 17 heavy (non-hydrogen) atoms. The summed E-state index contributed by atoms with van der Waals surface area (Å²) in [5.41, 5.74) is 1.88. The average molecular weight is 231 g/mol. The number of rotatable bonds is 2. The maximum atomic E-state index is 12.0. The summed E-state index contributed by atoms with van der Waals surface area (Å²) in [5, 5.41) is 12.0. The van der Waals surface area contributed by atoms with E-state index in [2.05, 4.69) is 5.32 Å². The van der Waals surface area contributed by atoms with Crippen molar-refractivity contribution in [3.8, 4) is 5.75 Å². The molecule has 0 spiro atoms. The van der Waals surface area contributed by atoms with E-state index in [-0.39, 0.29) is 11.7 Å².